The van der Waals surface area contributed by atoms with E-state index in [1.165, 1.54) is 0 Å². The Hall–Kier alpha value is -0.120. The predicted molar refractivity (Wildman–Crippen MR) is 36.5 cm³/mol. The van der Waals surface area contributed by atoms with E-state index in [2.05, 4.69) is 0 Å². The Kier molecular flexibility index (Phi) is 1.14. The Balaban J connectivity index is 1.92. The van der Waals surface area contributed by atoms with Crippen LogP contribution in [0.15, 0.2) is 0 Å². The van der Waals surface area contributed by atoms with Gasteiger partial charge in [-0.1, -0.05) is 0 Å². The maximum Gasteiger partial charge on any atom is 0.0611 e. The van der Waals surface area contributed by atoms with Gasteiger partial charge in [-0.3, -0.25) is 0 Å². The second-order valence-corrected chi connectivity index (χ2v) is 3.87. The van der Waals surface area contributed by atoms with Crippen molar-refractivity contribution in [2.24, 2.45) is 11.1 Å². The van der Waals surface area contributed by atoms with Gasteiger partial charge in [-0.2, -0.15) is 0 Å². The molecule has 0 aromatic rings. The van der Waals surface area contributed by atoms with Crippen LogP contribution in [-0.2, 0) is 4.74 Å². The van der Waals surface area contributed by atoms with E-state index in [1.807, 2.05) is 0 Å². The van der Waals surface area contributed by atoms with Crippen molar-refractivity contribution in [1.29, 1.82) is 0 Å². The van der Waals surface area contributed by atoms with Crippen molar-refractivity contribution in [2.45, 2.75) is 18.4 Å². The summed E-state index contributed by atoms with van der Waals surface area (Å²) in [4.78, 5) is 0. The van der Waals surface area contributed by atoms with E-state index in [4.69, 9.17) is 15.6 Å². The number of ether oxygens (including phenoxy) is 1. The number of aliphatic hydroxyl groups is 1. The minimum absolute atomic E-state index is 0.120. The van der Waals surface area contributed by atoms with E-state index in [1.54, 1.807) is 0 Å². The quantitative estimate of drug-likeness (QED) is 0.519. The minimum Gasteiger partial charge on any atom is -0.394 e. The lowest BCUT2D eigenvalue weighted by molar-refractivity contribution is -0.191. The van der Waals surface area contributed by atoms with Gasteiger partial charge >= 0.3 is 0 Å². The van der Waals surface area contributed by atoms with Crippen LogP contribution < -0.4 is 5.73 Å². The molecule has 0 bridgehead atoms. The van der Waals surface area contributed by atoms with Crippen LogP contribution >= 0.6 is 0 Å². The molecule has 1 heterocycles. The van der Waals surface area contributed by atoms with Crippen LogP contribution in [0.1, 0.15) is 12.8 Å². The molecule has 3 nitrogen and oxygen atoms in total. The summed E-state index contributed by atoms with van der Waals surface area (Å²) >= 11 is 0. The van der Waals surface area contributed by atoms with Crippen LogP contribution in [0.3, 0.4) is 0 Å². The largest absolute Gasteiger partial charge is 0.394 e. The highest BCUT2D eigenvalue weighted by atomic mass is 16.5. The third-order valence-corrected chi connectivity index (χ3v) is 2.59. The summed E-state index contributed by atoms with van der Waals surface area (Å²) in [5.74, 6) is 0. The predicted octanol–water partition coefficient (Wildman–Crippen LogP) is -0.513. The first kappa shape index (κ1) is 6.58. The molecule has 2 aliphatic rings. The van der Waals surface area contributed by atoms with Crippen molar-refractivity contribution in [3.63, 3.8) is 0 Å². The van der Waals surface area contributed by atoms with Crippen LogP contribution in [0.4, 0.5) is 0 Å². The Bertz CT molecular complexity index is 138. The van der Waals surface area contributed by atoms with Crippen LogP contribution in [0.5, 0.6) is 0 Å². The standard InChI is InChI=1S/C7H13NO2/c8-7(3-9)1-6(2-7)4-10-5-6/h9H,1-5,8H2. The summed E-state index contributed by atoms with van der Waals surface area (Å²) in [5, 5.41) is 8.83. The number of hydrogen-bond acceptors (Lipinski definition) is 3. The molecule has 3 heteroatoms. The minimum atomic E-state index is -0.274. The molecule has 1 saturated heterocycles. The summed E-state index contributed by atoms with van der Waals surface area (Å²) in [5.41, 5.74) is 5.88. The molecule has 3 N–H and O–H groups in total. The second-order valence-electron chi connectivity index (χ2n) is 3.87. The fourth-order valence-electron chi connectivity index (χ4n) is 2.15. The van der Waals surface area contributed by atoms with Gasteiger partial charge in [0.25, 0.3) is 0 Å². The van der Waals surface area contributed by atoms with E-state index in [0.29, 0.717) is 5.41 Å². The maximum absolute atomic E-state index is 8.83. The van der Waals surface area contributed by atoms with E-state index in [0.717, 1.165) is 26.1 Å². The highest BCUT2D eigenvalue weighted by Gasteiger charge is 2.56. The molecule has 10 heavy (non-hydrogen) atoms. The number of rotatable bonds is 1. The molecule has 0 amide bonds. The fourth-order valence-corrected chi connectivity index (χ4v) is 2.15. The molecule has 2 rings (SSSR count). The number of aliphatic hydroxyl groups excluding tert-OH is 1. The van der Waals surface area contributed by atoms with Gasteiger partial charge in [0.05, 0.1) is 19.8 Å². The Morgan fingerprint density at radius 1 is 1.40 bits per heavy atom. The average molecular weight is 143 g/mol. The van der Waals surface area contributed by atoms with Crippen LogP contribution in [0.25, 0.3) is 0 Å². The molecular formula is C7H13NO2. The first-order valence-electron chi connectivity index (χ1n) is 3.66. The van der Waals surface area contributed by atoms with E-state index < -0.39 is 0 Å². The highest BCUT2D eigenvalue weighted by molar-refractivity contribution is 5.09. The summed E-state index contributed by atoms with van der Waals surface area (Å²) in [7, 11) is 0. The van der Waals surface area contributed by atoms with Crippen molar-refractivity contribution in [2.75, 3.05) is 19.8 Å². The Labute approximate surface area is 60.2 Å². The molecule has 0 atom stereocenters. The average Bonchev–Trinajstić information content (AvgIpc) is 1.77. The molecule has 0 aromatic heterocycles. The molecule has 1 saturated carbocycles. The normalized spacial score (nSPS) is 33.0. The van der Waals surface area contributed by atoms with Crippen molar-refractivity contribution in [3.05, 3.63) is 0 Å². The molecule has 0 aromatic carbocycles. The molecule has 1 aliphatic carbocycles. The van der Waals surface area contributed by atoms with E-state index in [-0.39, 0.29) is 12.1 Å². The first-order valence-corrected chi connectivity index (χ1v) is 3.66. The van der Waals surface area contributed by atoms with Crippen molar-refractivity contribution >= 4 is 0 Å². The second kappa shape index (κ2) is 1.72. The third-order valence-electron chi connectivity index (χ3n) is 2.59. The Morgan fingerprint density at radius 3 is 2.30 bits per heavy atom. The zero-order chi connectivity index (χ0) is 7.24. The molecule has 0 radical (unpaired) electrons. The van der Waals surface area contributed by atoms with Crippen molar-refractivity contribution in [1.82, 2.24) is 0 Å². The smallest absolute Gasteiger partial charge is 0.0611 e. The first-order chi connectivity index (χ1) is 4.68. The monoisotopic (exact) mass is 143 g/mol. The van der Waals surface area contributed by atoms with Gasteiger partial charge in [0.1, 0.15) is 0 Å². The highest BCUT2D eigenvalue weighted by Crippen LogP contribution is 2.51. The molecule has 0 unspecified atom stereocenters. The van der Waals surface area contributed by atoms with Gasteiger partial charge < -0.3 is 15.6 Å². The van der Waals surface area contributed by atoms with E-state index >= 15 is 0 Å². The van der Waals surface area contributed by atoms with Crippen LogP contribution in [0.2, 0.25) is 0 Å². The van der Waals surface area contributed by atoms with Gasteiger partial charge in [0, 0.05) is 11.0 Å². The molecule has 58 valence electrons. The third kappa shape index (κ3) is 0.713. The van der Waals surface area contributed by atoms with Crippen LogP contribution in [-0.4, -0.2) is 30.5 Å². The summed E-state index contributed by atoms with van der Waals surface area (Å²) in [6.07, 6.45) is 1.88. The van der Waals surface area contributed by atoms with Gasteiger partial charge in [-0.25, -0.2) is 0 Å². The summed E-state index contributed by atoms with van der Waals surface area (Å²) in [6, 6.07) is 0. The molecule has 1 aliphatic heterocycles. The lowest BCUT2D eigenvalue weighted by atomic mass is 9.57. The SMILES string of the molecule is NC1(CO)CC2(COC2)C1. The Morgan fingerprint density at radius 2 is 2.00 bits per heavy atom. The number of hydrogen-bond donors (Lipinski definition) is 2. The maximum atomic E-state index is 8.83. The van der Waals surface area contributed by atoms with E-state index in [9.17, 15) is 0 Å². The van der Waals surface area contributed by atoms with Gasteiger partial charge in [-0.15, -0.1) is 0 Å². The fraction of sp³-hybridized carbons (Fsp3) is 1.00. The van der Waals surface area contributed by atoms with Gasteiger partial charge in [0.15, 0.2) is 0 Å². The lowest BCUT2D eigenvalue weighted by Crippen LogP contribution is -2.67. The zero-order valence-corrected chi connectivity index (χ0v) is 5.97. The van der Waals surface area contributed by atoms with Crippen molar-refractivity contribution < 1.29 is 9.84 Å². The lowest BCUT2D eigenvalue weighted by Gasteiger charge is -2.58. The van der Waals surface area contributed by atoms with Gasteiger partial charge in [-0.05, 0) is 12.8 Å². The van der Waals surface area contributed by atoms with Crippen molar-refractivity contribution in [3.8, 4) is 0 Å². The number of nitrogens with two attached hydrogens (primary N) is 1. The summed E-state index contributed by atoms with van der Waals surface area (Å²) in [6.45, 7) is 1.83. The topological polar surface area (TPSA) is 55.5 Å². The molecular weight excluding hydrogens is 130 g/mol. The molecule has 1 spiro atoms. The zero-order valence-electron chi connectivity index (χ0n) is 5.97. The summed E-state index contributed by atoms with van der Waals surface area (Å²) < 4.78 is 5.08. The molecule has 2 fully saturated rings. The van der Waals surface area contributed by atoms with Gasteiger partial charge in [0.2, 0.25) is 0 Å². The van der Waals surface area contributed by atoms with Crippen LogP contribution in [0, 0.1) is 5.41 Å².